The summed E-state index contributed by atoms with van der Waals surface area (Å²) in [6.45, 7) is 1.61. The van der Waals surface area contributed by atoms with Gasteiger partial charge in [0.15, 0.2) is 0 Å². The van der Waals surface area contributed by atoms with E-state index in [1.807, 2.05) is 0 Å². The summed E-state index contributed by atoms with van der Waals surface area (Å²) in [4.78, 5) is 40.1. The van der Waals surface area contributed by atoms with Crippen molar-refractivity contribution in [3.63, 3.8) is 0 Å². The topological polar surface area (TPSA) is 84.0 Å². The van der Waals surface area contributed by atoms with Crippen LogP contribution in [0.4, 0.5) is 8.78 Å². The summed E-state index contributed by atoms with van der Waals surface area (Å²) in [6, 6.07) is 12.5. The van der Waals surface area contributed by atoms with Crippen LogP contribution in [-0.2, 0) is 6.54 Å². The van der Waals surface area contributed by atoms with E-state index in [1.165, 1.54) is 53.2 Å². The van der Waals surface area contributed by atoms with E-state index in [0.29, 0.717) is 5.56 Å². The lowest BCUT2D eigenvalue weighted by Crippen LogP contribution is -2.30. The zero-order valence-corrected chi connectivity index (χ0v) is 16.4. The highest BCUT2D eigenvalue weighted by Crippen LogP contribution is 2.23. The van der Waals surface area contributed by atoms with Gasteiger partial charge in [0.25, 0.3) is 11.5 Å². The van der Waals surface area contributed by atoms with Crippen LogP contribution < -0.4 is 16.4 Å². The van der Waals surface area contributed by atoms with Gasteiger partial charge in [0.05, 0.1) is 16.6 Å². The molecule has 0 aliphatic rings. The van der Waals surface area contributed by atoms with E-state index in [1.54, 1.807) is 13.0 Å². The first-order valence-electron chi connectivity index (χ1n) is 9.42. The first kappa shape index (κ1) is 20.2. The number of carbonyl (C=O) groups excluding carboxylic acids is 1. The van der Waals surface area contributed by atoms with Crippen molar-refractivity contribution in [3.05, 3.63) is 110 Å². The summed E-state index contributed by atoms with van der Waals surface area (Å²) < 4.78 is 29.2. The lowest BCUT2D eigenvalue weighted by atomic mass is 10.0. The zero-order valence-electron chi connectivity index (χ0n) is 16.4. The first-order valence-corrected chi connectivity index (χ1v) is 9.42. The van der Waals surface area contributed by atoms with Crippen molar-refractivity contribution in [1.82, 2.24) is 14.9 Å². The van der Waals surface area contributed by atoms with Crippen molar-refractivity contribution in [2.45, 2.75) is 13.5 Å². The molecule has 2 aromatic carbocycles. The van der Waals surface area contributed by atoms with Crippen LogP contribution in [0, 0.1) is 18.6 Å². The highest BCUT2D eigenvalue weighted by atomic mass is 19.1. The second-order valence-electron chi connectivity index (χ2n) is 6.99. The minimum absolute atomic E-state index is 0.0463. The summed E-state index contributed by atoms with van der Waals surface area (Å²) in [7, 11) is 0. The van der Waals surface area contributed by atoms with Crippen LogP contribution in [0.15, 0.2) is 70.4 Å². The van der Waals surface area contributed by atoms with Crippen LogP contribution in [0.1, 0.15) is 21.6 Å². The maximum Gasteiger partial charge on any atom is 0.266 e. The SMILES string of the molecule is Cc1c(C(=O)NCc2cccc(F)c2)c2cccc(F)c2c(=O)n1-c1ccc(=O)[nH]c1. The van der Waals surface area contributed by atoms with Gasteiger partial charge in [0.2, 0.25) is 5.56 Å². The van der Waals surface area contributed by atoms with Gasteiger partial charge < -0.3 is 10.3 Å². The molecule has 4 aromatic rings. The fraction of sp³-hybridized carbons (Fsp3) is 0.0870. The Morgan fingerprint density at radius 1 is 1.06 bits per heavy atom. The Balaban J connectivity index is 1.88. The largest absolute Gasteiger partial charge is 0.348 e. The molecule has 8 heteroatoms. The number of hydrogen-bond acceptors (Lipinski definition) is 3. The van der Waals surface area contributed by atoms with Crippen LogP contribution in [0.5, 0.6) is 0 Å². The molecule has 1 amide bonds. The molecular formula is C23H17F2N3O3. The Hall–Kier alpha value is -4.07. The lowest BCUT2D eigenvalue weighted by Gasteiger charge is -2.17. The van der Waals surface area contributed by atoms with Gasteiger partial charge in [0, 0.05) is 29.9 Å². The number of hydrogen-bond donors (Lipinski definition) is 2. The smallest absolute Gasteiger partial charge is 0.266 e. The van der Waals surface area contributed by atoms with Gasteiger partial charge in [-0.1, -0.05) is 24.3 Å². The van der Waals surface area contributed by atoms with E-state index >= 15 is 0 Å². The number of nitrogens with zero attached hydrogens (tertiary/aromatic N) is 1. The normalized spacial score (nSPS) is 10.9. The molecule has 2 heterocycles. The molecule has 4 rings (SSSR count). The Morgan fingerprint density at radius 3 is 2.55 bits per heavy atom. The molecule has 0 saturated carbocycles. The summed E-state index contributed by atoms with van der Waals surface area (Å²) in [5.74, 6) is -1.74. The van der Waals surface area contributed by atoms with Gasteiger partial charge in [0.1, 0.15) is 11.6 Å². The summed E-state index contributed by atoms with van der Waals surface area (Å²) in [5, 5.41) is 2.63. The van der Waals surface area contributed by atoms with E-state index in [2.05, 4.69) is 10.3 Å². The van der Waals surface area contributed by atoms with E-state index in [9.17, 15) is 23.2 Å². The monoisotopic (exact) mass is 421 g/mol. The third-order valence-electron chi connectivity index (χ3n) is 4.99. The molecular weight excluding hydrogens is 404 g/mol. The summed E-state index contributed by atoms with van der Waals surface area (Å²) >= 11 is 0. The molecule has 156 valence electrons. The molecule has 0 aliphatic carbocycles. The molecule has 0 aliphatic heterocycles. The molecule has 0 unspecified atom stereocenters. The number of nitrogens with one attached hydrogen (secondary N) is 2. The number of pyridine rings is 2. The molecule has 0 spiro atoms. The number of rotatable bonds is 4. The van der Waals surface area contributed by atoms with Crippen LogP contribution in [-0.4, -0.2) is 15.5 Å². The highest BCUT2D eigenvalue weighted by Gasteiger charge is 2.22. The predicted molar refractivity (Wildman–Crippen MR) is 112 cm³/mol. The van der Waals surface area contributed by atoms with E-state index in [-0.39, 0.29) is 39.8 Å². The highest BCUT2D eigenvalue weighted by molar-refractivity contribution is 6.08. The molecule has 2 aromatic heterocycles. The number of amides is 1. The number of aromatic amines is 1. The zero-order chi connectivity index (χ0) is 22.1. The van der Waals surface area contributed by atoms with Crippen molar-refractivity contribution >= 4 is 16.7 Å². The Bertz CT molecular complexity index is 1420. The first-order chi connectivity index (χ1) is 14.9. The van der Waals surface area contributed by atoms with Gasteiger partial charge in [-0.15, -0.1) is 0 Å². The number of fused-ring (bicyclic) bond motifs is 1. The minimum Gasteiger partial charge on any atom is -0.348 e. The third kappa shape index (κ3) is 3.75. The second kappa shape index (κ2) is 7.98. The molecule has 2 N–H and O–H groups in total. The molecule has 0 saturated heterocycles. The Kier molecular flexibility index (Phi) is 5.21. The molecule has 0 bridgehead atoms. The standard InChI is InChI=1S/C23H17F2N3O3/c1-13-20(22(30)27-11-14-4-2-5-15(24)10-14)17-6-3-7-18(25)21(17)23(31)28(13)16-8-9-19(29)26-12-16/h2-10,12H,11H2,1H3,(H,26,29)(H,27,30). The van der Waals surface area contributed by atoms with Crippen LogP contribution >= 0.6 is 0 Å². The van der Waals surface area contributed by atoms with Crippen molar-refractivity contribution in [2.24, 2.45) is 0 Å². The average Bonchev–Trinajstić information content (AvgIpc) is 2.73. The number of benzene rings is 2. The van der Waals surface area contributed by atoms with Crippen molar-refractivity contribution in [2.75, 3.05) is 0 Å². The maximum absolute atomic E-state index is 14.6. The number of aromatic nitrogens is 2. The van der Waals surface area contributed by atoms with Gasteiger partial charge >= 0.3 is 0 Å². The molecule has 0 atom stereocenters. The second-order valence-corrected chi connectivity index (χ2v) is 6.99. The molecule has 6 nitrogen and oxygen atoms in total. The molecule has 0 radical (unpaired) electrons. The lowest BCUT2D eigenvalue weighted by molar-refractivity contribution is 0.0951. The van der Waals surface area contributed by atoms with Gasteiger partial charge in [-0.2, -0.15) is 0 Å². The van der Waals surface area contributed by atoms with Crippen molar-refractivity contribution in [1.29, 1.82) is 0 Å². The summed E-state index contributed by atoms with van der Waals surface area (Å²) in [6.07, 6.45) is 1.32. The fourth-order valence-electron chi connectivity index (χ4n) is 3.58. The van der Waals surface area contributed by atoms with Gasteiger partial charge in [-0.05, 0) is 36.8 Å². The van der Waals surface area contributed by atoms with E-state index in [0.717, 1.165) is 6.07 Å². The van der Waals surface area contributed by atoms with E-state index < -0.39 is 23.1 Å². The molecule has 0 fully saturated rings. The van der Waals surface area contributed by atoms with Gasteiger partial charge in [-0.3, -0.25) is 19.0 Å². The molecule has 31 heavy (non-hydrogen) atoms. The number of H-pyrrole nitrogens is 1. The summed E-state index contributed by atoms with van der Waals surface area (Å²) in [5.41, 5.74) is 0.194. The van der Waals surface area contributed by atoms with Crippen LogP contribution in [0.2, 0.25) is 0 Å². The number of carbonyl (C=O) groups is 1. The average molecular weight is 421 g/mol. The Morgan fingerprint density at radius 2 is 1.84 bits per heavy atom. The Labute approximate surface area is 174 Å². The minimum atomic E-state index is -0.764. The third-order valence-corrected chi connectivity index (χ3v) is 4.99. The number of halogens is 2. The van der Waals surface area contributed by atoms with E-state index in [4.69, 9.17) is 0 Å². The van der Waals surface area contributed by atoms with Gasteiger partial charge in [-0.25, -0.2) is 8.78 Å². The van der Waals surface area contributed by atoms with Crippen LogP contribution in [0.25, 0.3) is 16.5 Å². The van der Waals surface area contributed by atoms with Crippen molar-refractivity contribution < 1.29 is 13.6 Å². The quantitative estimate of drug-likeness (QED) is 0.531. The van der Waals surface area contributed by atoms with Crippen LogP contribution in [0.3, 0.4) is 0 Å². The maximum atomic E-state index is 14.6. The van der Waals surface area contributed by atoms with Crippen molar-refractivity contribution in [3.8, 4) is 5.69 Å². The fourth-order valence-corrected chi connectivity index (χ4v) is 3.58. The predicted octanol–water partition coefficient (Wildman–Crippen LogP) is 3.20.